The Bertz CT molecular complexity index is 499. The Morgan fingerprint density at radius 3 is 2.80 bits per heavy atom. The molecule has 1 N–H and O–H groups in total. The summed E-state index contributed by atoms with van der Waals surface area (Å²) in [5.41, 5.74) is 1.39. The molecule has 2 nitrogen and oxygen atoms in total. The van der Waals surface area contributed by atoms with Crippen LogP contribution in [0.2, 0.25) is 0 Å². The van der Waals surface area contributed by atoms with Crippen molar-refractivity contribution in [1.82, 2.24) is 4.98 Å². The van der Waals surface area contributed by atoms with Crippen molar-refractivity contribution >= 4 is 10.8 Å². The number of aliphatic hydroxyl groups excluding tert-OH is 1. The fraction of sp³-hybridized carbons (Fsp3) is 0.154. The molecule has 1 heterocycles. The van der Waals surface area contributed by atoms with Gasteiger partial charge in [-0.3, -0.25) is 4.98 Å². The highest BCUT2D eigenvalue weighted by Crippen LogP contribution is 2.25. The molecule has 0 aliphatic carbocycles. The van der Waals surface area contributed by atoms with Gasteiger partial charge in [0.1, 0.15) is 6.10 Å². The first-order valence-corrected chi connectivity index (χ1v) is 4.87. The molecule has 0 radical (unpaired) electrons. The van der Waals surface area contributed by atoms with E-state index in [1.807, 2.05) is 30.3 Å². The van der Waals surface area contributed by atoms with E-state index in [0.29, 0.717) is 11.3 Å². The molecule has 0 fully saturated rings. The summed E-state index contributed by atoms with van der Waals surface area (Å²) in [6.45, 7) is 5.55. The zero-order valence-electron chi connectivity index (χ0n) is 8.64. The number of fused-ring (bicyclic) bond motifs is 1. The number of benzene rings is 1. The van der Waals surface area contributed by atoms with Crippen molar-refractivity contribution in [3.05, 3.63) is 54.4 Å². The zero-order valence-corrected chi connectivity index (χ0v) is 8.64. The first-order valence-electron chi connectivity index (χ1n) is 4.87. The Hall–Kier alpha value is -1.67. The topological polar surface area (TPSA) is 33.1 Å². The first-order chi connectivity index (χ1) is 7.20. The molecule has 0 aliphatic heterocycles. The van der Waals surface area contributed by atoms with Gasteiger partial charge in [-0.05, 0) is 23.9 Å². The number of rotatable bonds is 2. The molecule has 1 aromatic carbocycles. The van der Waals surface area contributed by atoms with Crippen LogP contribution in [0, 0.1) is 0 Å². The maximum absolute atomic E-state index is 9.93. The molecule has 0 aliphatic rings. The quantitative estimate of drug-likeness (QED) is 0.754. The number of nitrogens with zero attached hydrogens (tertiary/aromatic N) is 1. The van der Waals surface area contributed by atoms with E-state index in [-0.39, 0.29) is 0 Å². The van der Waals surface area contributed by atoms with Crippen molar-refractivity contribution in [2.75, 3.05) is 0 Å². The second-order valence-electron chi connectivity index (χ2n) is 3.67. The summed E-state index contributed by atoms with van der Waals surface area (Å²) in [6, 6.07) is 9.82. The Kier molecular flexibility index (Phi) is 2.52. The van der Waals surface area contributed by atoms with Crippen LogP contribution in [0.5, 0.6) is 0 Å². The van der Waals surface area contributed by atoms with Crippen LogP contribution < -0.4 is 0 Å². The lowest BCUT2D eigenvalue weighted by molar-refractivity contribution is 0.213. The van der Waals surface area contributed by atoms with E-state index in [2.05, 4.69) is 11.6 Å². The maximum atomic E-state index is 9.93. The molecular weight excluding hydrogens is 186 g/mol. The number of aliphatic hydroxyl groups is 1. The molecule has 1 aromatic heterocycles. The van der Waals surface area contributed by atoms with Crippen molar-refractivity contribution in [2.45, 2.75) is 13.0 Å². The third kappa shape index (κ3) is 1.76. The van der Waals surface area contributed by atoms with E-state index in [1.54, 1.807) is 13.1 Å². The highest BCUT2D eigenvalue weighted by molar-refractivity contribution is 5.84. The minimum atomic E-state index is -0.684. The fourth-order valence-corrected chi connectivity index (χ4v) is 1.59. The van der Waals surface area contributed by atoms with Gasteiger partial charge in [0.15, 0.2) is 0 Å². The molecule has 2 heteroatoms. The van der Waals surface area contributed by atoms with Gasteiger partial charge >= 0.3 is 0 Å². The van der Waals surface area contributed by atoms with Gasteiger partial charge in [-0.15, -0.1) is 0 Å². The smallest absolute Gasteiger partial charge is 0.117 e. The molecular formula is C13H13NO. The van der Waals surface area contributed by atoms with Gasteiger partial charge in [-0.1, -0.05) is 30.8 Å². The summed E-state index contributed by atoms with van der Waals surface area (Å²) in [4.78, 5) is 4.22. The van der Waals surface area contributed by atoms with E-state index < -0.39 is 6.10 Å². The molecule has 15 heavy (non-hydrogen) atoms. The van der Waals surface area contributed by atoms with Gasteiger partial charge in [-0.25, -0.2) is 0 Å². The van der Waals surface area contributed by atoms with Crippen molar-refractivity contribution < 1.29 is 5.11 Å². The Morgan fingerprint density at radius 2 is 2.07 bits per heavy atom. The molecule has 2 aromatic rings. The Labute approximate surface area is 88.9 Å². The SMILES string of the molecule is C=C(C)C(O)c1nccc2ccccc12. The lowest BCUT2D eigenvalue weighted by Gasteiger charge is -2.11. The minimum Gasteiger partial charge on any atom is -0.382 e. The number of hydrogen-bond donors (Lipinski definition) is 1. The van der Waals surface area contributed by atoms with Gasteiger partial charge in [0, 0.05) is 11.6 Å². The third-order valence-corrected chi connectivity index (χ3v) is 2.43. The van der Waals surface area contributed by atoms with Crippen LogP contribution in [0.1, 0.15) is 18.7 Å². The number of pyridine rings is 1. The lowest BCUT2D eigenvalue weighted by atomic mass is 10.0. The van der Waals surface area contributed by atoms with E-state index in [9.17, 15) is 5.11 Å². The number of aromatic nitrogens is 1. The van der Waals surface area contributed by atoms with Gasteiger partial charge in [0.05, 0.1) is 5.69 Å². The second kappa shape index (κ2) is 3.83. The monoisotopic (exact) mass is 199 g/mol. The maximum Gasteiger partial charge on any atom is 0.117 e. The molecule has 1 atom stereocenters. The van der Waals surface area contributed by atoms with E-state index in [4.69, 9.17) is 0 Å². The van der Waals surface area contributed by atoms with Gasteiger partial charge in [0.25, 0.3) is 0 Å². The van der Waals surface area contributed by atoms with E-state index in [1.165, 1.54) is 0 Å². The van der Waals surface area contributed by atoms with Crippen LogP contribution in [-0.4, -0.2) is 10.1 Å². The average Bonchev–Trinajstić information content (AvgIpc) is 2.27. The molecule has 1 unspecified atom stereocenters. The first kappa shape index (κ1) is 9.87. The van der Waals surface area contributed by atoms with Gasteiger partial charge in [-0.2, -0.15) is 0 Å². The molecule has 0 saturated carbocycles. The van der Waals surface area contributed by atoms with Crippen LogP contribution in [0.3, 0.4) is 0 Å². The largest absolute Gasteiger partial charge is 0.382 e. The molecule has 0 spiro atoms. The average molecular weight is 199 g/mol. The van der Waals surface area contributed by atoms with Crippen molar-refractivity contribution in [3.63, 3.8) is 0 Å². The van der Waals surface area contributed by atoms with Crippen LogP contribution in [0.25, 0.3) is 10.8 Å². The highest BCUT2D eigenvalue weighted by Gasteiger charge is 2.12. The van der Waals surface area contributed by atoms with Crippen LogP contribution in [0.15, 0.2) is 48.7 Å². The Balaban J connectivity index is 2.65. The van der Waals surface area contributed by atoms with Crippen LogP contribution in [-0.2, 0) is 0 Å². The van der Waals surface area contributed by atoms with Crippen molar-refractivity contribution in [3.8, 4) is 0 Å². The minimum absolute atomic E-state index is 0.681. The Morgan fingerprint density at radius 1 is 1.33 bits per heavy atom. The molecule has 2 rings (SSSR count). The second-order valence-corrected chi connectivity index (χ2v) is 3.67. The normalized spacial score (nSPS) is 12.7. The van der Waals surface area contributed by atoms with Crippen LogP contribution >= 0.6 is 0 Å². The summed E-state index contributed by atoms with van der Waals surface area (Å²) in [7, 11) is 0. The predicted molar refractivity (Wildman–Crippen MR) is 61.5 cm³/mol. The standard InChI is InChI=1S/C13H13NO/c1-9(2)13(15)12-11-6-4-3-5-10(11)7-8-14-12/h3-8,13,15H,1H2,2H3. The summed E-state index contributed by atoms with van der Waals surface area (Å²) < 4.78 is 0. The molecule has 76 valence electrons. The summed E-state index contributed by atoms with van der Waals surface area (Å²) in [5.74, 6) is 0. The molecule has 0 amide bonds. The number of hydrogen-bond acceptors (Lipinski definition) is 2. The zero-order chi connectivity index (χ0) is 10.8. The molecule has 0 bridgehead atoms. The van der Waals surface area contributed by atoms with Crippen LogP contribution in [0.4, 0.5) is 0 Å². The van der Waals surface area contributed by atoms with E-state index >= 15 is 0 Å². The van der Waals surface area contributed by atoms with Crippen molar-refractivity contribution in [2.24, 2.45) is 0 Å². The lowest BCUT2D eigenvalue weighted by Crippen LogP contribution is -2.01. The third-order valence-electron chi connectivity index (χ3n) is 2.43. The summed E-state index contributed by atoms with van der Waals surface area (Å²) in [6.07, 6.45) is 1.03. The van der Waals surface area contributed by atoms with Crippen molar-refractivity contribution in [1.29, 1.82) is 0 Å². The highest BCUT2D eigenvalue weighted by atomic mass is 16.3. The van der Waals surface area contributed by atoms with Gasteiger partial charge in [0.2, 0.25) is 0 Å². The summed E-state index contributed by atoms with van der Waals surface area (Å²) in [5, 5.41) is 12.0. The fourth-order valence-electron chi connectivity index (χ4n) is 1.59. The van der Waals surface area contributed by atoms with Gasteiger partial charge < -0.3 is 5.11 Å². The predicted octanol–water partition coefficient (Wildman–Crippen LogP) is 2.84. The molecule has 0 saturated heterocycles. The summed E-state index contributed by atoms with van der Waals surface area (Å²) >= 11 is 0. The van der Waals surface area contributed by atoms with E-state index in [0.717, 1.165) is 10.8 Å².